The lowest BCUT2D eigenvalue weighted by Gasteiger charge is -2.19. The third-order valence-corrected chi connectivity index (χ3v) is 4.91. The van der Waals surface area contributed by atoms with E-state index in [4.69, 9.17) is 13.6 Å². The topological polar surface area (TPSA) is 157 Å². The van der Waals surface area contributed by atoms with E-state index in [9.17, 15) is 24.5 Å². The Kier molecular flexibility index (Phi) is 6.48. The number of nitro benzene ring substituents is 1. The first kappa shape index (κ1) is 22.5. The Labute approximate surface area is 191 Å². The Morgan fingerprint density at radius 2 is 1.94 bits per heavy atom. The minimum absolute atomic E-state index is 0.0104. The van der Waals surface area contributed by atoms with Gasteiger partial charge in [-0.3, -0.25) is 24.5 Å². The predicted molar refractivity (Wildman–Crippen MR) is 115 cm³/mol. The molecule has 0 fully saturated rings. The second kappa shape index (κ2) is 9.81. The minimum Gasteiger partial charge on any atom is -0.467 e. The molecule has 1 aromatic carbocycles. The summed E-state index contributed by atoms with van der Waals surface area (Å²) >= 11 is 0. The fraction of sp³-hybridized carbons (Fsp3) is 0.182. The van der Waals surface area contributed by atoms with Crippen molar-refractivity contribution in [1.82, 2.24) is 10.3 Å². The number of esters is 1. The molecule has 0 saturated heterocycles. The van der Waals surface area contributed by atoms with Crippen molar-refractivity contribution in [2.24, 2.45) is 5.10 Å². The van der Waals surface area contributed by atoms with Gasteiger partial charge in [-0.2, -0.15) is 5.10 Å². The molecule has 1 unspecified atom stereocenters. The fourth-order valence-electron chi connectivity index (χ4n) is 3.31. The highest BCUT2D eigenvalue weighted by atomic mass is 16.6. The van der Waals surface area contributed by atoms with Crippen LogP contribution >= 0.6 is 0 Å². The maximum atomic E-state index is 12.7. The van der Waals surface area contributed by atoms with Crippen LogP contribution in [-0.4, -0.2) is 46.6 Å². The molecule has 2 aromatic heterocycles. The number of nitrogens with one attached hydrogen (secondary N) is 1. The van der Waals surface area contributed by atoms with E-state index in [0.29, 0.717) is 23.7 Å². The van der Waals surface area contributed by atoms with Gasteiger partial charge in [0.15, 0.2) is 6.61 Å². The number of amides is 2. The second-order valence-electron chi connectivity index (χ2n) is 7.15. The van der Waals surface area contributed by atoms with Crippen LogP contribution in [-0.2, 0) is 14.3 Å². The van der Waals surface area contributed by atoms with Gasteiger partial charge in [0.25, 0.3) is 17.5 Å². The summed E-state index contributed by atoms with van der Waals surface area (Å²) in [7, 11) is 0. The number of hydrazone groups is 1. The molecule has 1 aliphatic rings. The maximum absolute atomic E-state index is 12.7. The first-order valence-corrected chi connectivity index (χ1v) is 10.1. The molecule has 2 amide bonds. The molecular weight excluding hydrogens is 448 g/mol. The second-order valence-corrected chi connectivity index (χ2v) is 7.15. The van der Waals surface area contributed by atoms with Gasteiger partial charge in [0.1, 0.15) is 29.8 Å². The summed E-state index contributed by atoms with van der Waals surface area (Å²) in [4.78, 5) is 47.1. The molecule has 0 bridgehead atoms. The first-order valence-electron chi connectivity index (χ1n) is 10.1. The zero-order valence-corrected chi connectivity index (χ0v) is 17.6. The Bertz CT molecular complexity index is 1230. The summed E-state index contributed by atoms with van der Waals surface area (Å²) in [5.41, 5.74) is 0.290. The summed E-state index contributed by atoms with van der Waals surface area (Å²) < 4.78 is 15.8. The standard InChI is InChI=1S/C22H18N4O8/c27-20(13-34-21(28)12-23-22(29)14-4-1-5-15(10-14)26(30)31)25-17(19-7-3-9-33-19)11-16(24-25)18-6-2-8-32-18/h1-10,17H,11-13H2,(H,23,29). The monoisotopic (exact) mass is 466 g/mol. The third kappa shape index (κ3) is 5.01. The molecule has 3 heterocycles. The van der Waals surface area contributed by atoms with Crippen LogP contribution in [0.5, 0.6) is 0 Å². The van der Waals surface area contributed by atoms with Crippen molar-refractivity contribution < 1.29 is 32.9 Å². The summed E-state index contributed by atoms with van der Waals surface area (Å²) in [6.45, 7) is -1.14. The van der Waals surface area contributed by atoms with E-state index in [0.717, 1.165) is 6.07 Å². The van der Waals surface area contributed by atoms with Crippen molar-refractivity contribution in [2.45, 2.75) is 12.5 Å². The molecular formula is C22H18N4O8. The number of ether oxygens (including phenoxy) is 1. The molecule has 1 N–H and O–H groups in total. The highest BCUT2D eigenvalue weighted by molar-refractivity contribution is 6.01. The van der Waals surface area contributed by atoms with Gasteiger partial charge in [0, 0.05) is 24.1 Å². The Hall–Kier alpha value is -4.74. The number of nitrogens with zero attached hydrogens (tertiary/aromatic N) is 3. The van der Waals surface area contributed by atoms with Crippen LogP contribution < -0.4 is 5.32 Å². The van der Waals surface area contributed by atoms with E-state index in [-0.39, 0.29) is 11.3 Å². The Morgan fingerprint density at radius 3 is 2.65 bits per heavy atom. The van der Waals surface area contributed by atoms with E-state index in [1.165, 1.54) is 35.7 Å². The molecule has 1 atom stereocenters. The number of carbonyl (C=O) groups excluding carboxylic acids is 3. The summed E-state index contributed by atoms with van der Waals surface area (Å²) in [5, 5.41) is 18.6. The lowest BCUT2D eigenvalue weighted by molar-refractivity contribution is -0.384. The SMILES string of the molecule is O=C(CNC(=O)c1cccc([N+](=O)[O-])c1)OCC(=O)N1N=C(c2ccco2)CC1c1ccco1. The van der Waals surface area contributed by atoms with Gasteiger partial charge in [0.05, 0.1) is 17.4 Å². The average Bonchev–Trinajstić information content (AvgIpc) is 3.61. The van der Waals surface area contributed by atoms with Crippen molar-refractivity contribution in [1.29, 1.82) is 0 Å². The van der Waals surface area contributed by atoms with Crippen molar-refractivity contribution in [3.8, 4) is 0 Å². The number of non-ortho nitro benzene ring substituents is 1. The number of carbonyl (C=O) groups is 3. The molecule has 1 aliphatic heterocycles. The first-order chi connectivity index (χ1) is 16.4. The normalized spacial score (nSPS) is 15.0. The molecule has 0 aliphatic carbocycles. The fourth-order valence-corrected chi connectivity index (χ4v) is 3.31. The number of hydrogen-bond acceptors (Lipinski definition) is 9. The van der Waals surface area contributed by atoms with Crippen LogP contribution in [0.25, 0.3) is 0 Å². The van der Waals surface area contributed by atoms with Gasteiger partial charge in [0.2, 0.25) is 0 Å². The largest absolute Gasteiger partial charge is 0.467 e. The smallest absolute Gasteiger partial charge is 0.325 e. The number of furan rings is 2. The molecule has 174 valence electrons. The van der Waals surface area contributed by atoms with Crippen molar-refractivity contribution in [3.63, 3.8) is 0 Å². The van der Waals surface area contributed by atoms with Crippen molar-refractivity contribution >= 4 is 29.2 Å². The summed E-state index contributed by atoms with van der Waals surface area (Å²) in [6, 6.07) is 11.3. The highest BCUT2D eigenvalue weighted by Crippen LogP contribution is 2.33. The van der Waals surface area contributed by atoms with Crippen LogP contribution in [0.15, 0.2) is 75.0 Å². The molecule has 0 saturated carbocycles. The van der Waals surface area contributed by atoms with E-state index >= 15 is 0 Å². The maximum Gasteiger partial charge on any atom is 0.325 e. The molecule has 0 spiro atoms. The lowest BCUT2D eigenvalue weighted by Crippen LogP contribution is -2.34. The van der Waals surface area contributed by atoms with Crippen LogP contribution in [0, 0.1) is 10.1 Å². The number of rotatable bonds is 8. The van der Waals surface area contributed by atoms with E-state index < -0.39 is 41.9 Å². The van der Waals surface area contributed by atoms with E-state index in [2.05, 4.69) is 10.4 Å². The third-order valence-electron chi connectivity index (χ3n) is 4.91. The van der Waals surface area contributed by atoms with Crippen LogP contribution in [0.1, 0.15) is 34.3 Å². The number of hydrogen-bond donors (Lipinski definition) is 1. The zero-order chi connectivity index (χ0) is 24.1. The molecule has 12 heteroatoms. The van der Waals surface area contributed by atoms with Crippen LogP contribution in [0.4, 0.5) is 5.69 Å². The van der Waals surface area contributed by atoms with E-state index in [1.54, 1.807) is 24.3 Å². The summed E-state index contributed by atoms with van der Waals surface area (Å²) in [6.07, 6.45) is 3.32. The molecule has 3 aromatic rings. The van der Waals surface area contributed by atoms with Crippen LogP contribution in [0.2, 0.25) is 0 Å². The van der Waals surface area contributed by atoms with Gasteiger partial charge in [-0.1, -0.05) is 6.07 Å². The minimum atomic E-state index is -0.865. The van der Waals surface area contributed by atoms with Gasteiger partial charge >= 0.3 is 5.97 Å². The summed E-state index contributed by atoms with van der Waals surface area (Å²) in [5.74, 6) is -1.14. The Balaban J connectivity index is 1.33. The van der Waals surface area contributed by atoms with E-state index in [1.807, 2.05) is 0 Å². The number of nitro groups is 1. The molecule has 12 nitrogen and oxygen atoms in total. The van der Waals surface area contributed by atoms with Crippen molar-refractivity contribution in [3.05, 3.63) is 88.3 Å². The highest BCUT2D eigenvalue weighted by Gasteiger charge is 2.36. The lowest BCUT2D eigenvalue weighted by atomic mass is 10.1. The van der Waals surface area contributed by atoms with Crippen LogP contribution in [0.3, 0.4) is 0 Å². The predicted octanol–water partition coefficient (Wildman–Crippen LogP) is 2.43. The van der Waals surface area contributed by atoms with Crippen molar-refractivity contribution in [2.75, 3.05) is 13.2 Å². The van der Waals surface area contributed by atoms with Gasteiger partial charge in [-0.05, 0) is 30.3 Å². The Morgan fingerprint density at radius 1 is 1.15 bits per heavy atom. The molecule has 0 radical (unpaired) electrons. The van der Waals surface area contributed by atoms with Gasteiger partial charge < -0.3 is 18.9 Å². The zero-order valence-electron chi connectivity index (χ0n) is 17.6. The number of benzene rings is 1. The van der Waals surface area contributed by atoms with Gasteiger partial charge in [-0.25, -0.2) is 5.01 Å². The average molecular weight is 466 g/mol. The molecule has 4 rings (SSSR count). The quantitative estimate of drug-likeness (QED) is 0.301. The van der Waals surface area contributed by atoms with Gasteiger partial charge in [-0.15, -0.1) is 0 Å². The molecule has 34 heavy (non-hydrogen) atoms.